The van der Waals surface area contributed by atoms with Gasteiger partial charge in [0, 0.05) is 39.3 Å². The largest absolute Gasteiger partial charge is 0.313 e. The summed E-state index contributed by atoms with van der Waals surface area (Å²) in [6, 6.07) is 9.15. The fourth-order valence-electron chi connectivity index (χ4n) is 2.91. The van der Waals surface area contributed by atoms with E-state index in [2.05, 4.69) is 60.2 Å². The van der Waals surface area contributed by atoms with E-state index in [-0.39, 0.29) is 0 Å². The molecular weight excluding hydrogens is 270 g/mol. The van der Waals surface area contributed by atoms with E-state index in [1.807, 2.05) is 0 Å². The number of benzene rings is 1. The number of likely N-dealkylation sites (N-methyl/N-ethyl adjacent to an activating group) is 1. The molecule has 1 heterocycles. The van der Waals surface area contributed by atoms with Crippen LogP contribution >= 0.6 is 0 Å². The summed E-state index contributed by atoms with van der Waals surface area (Å²) in [5, 5.41) is 3.53. The van der Waals surface area contributed by atoms with Gasteiger partial charge in [-0.3, -0.25) is 4.90 Å². The lowest BCUT2D eigenvalue weighted by Crippen LogP contribution is -2.45. The second-order valence-electron chi connectivity index (χ2n) is 6.89. The molecule has 0 bridgehead atoms. The highest BCUT2D eigenvalue weighted by Crippen LogP contribution is 2.10. The predicted molar refractivity (Wildman–Crippen MR) is 95.0 cm³/mol. The Labute approximate surface area is 136 Å². The lowest BCUT2D eigenvalue weighted by Gasteiger charge is -2.34. The maximum Gasteiger partial charge on any atom is 0.0234 e. The highest BCUT2D eigenvalue weighted by Gasteiger charge is 2.15. The maximum absolute atomic E-state index is 3.53. The van der Waals surface area contributed by atoms with Crippen LogP contribution in [0.25, 0.3) is 0 Å². The summed E-state index contributed by atoms with van der Waals surface area (Å²) in [4.78, 5) is 5.10. The molecule has 0 radical (unpaired) electrons. The summed E-state index contributed by atoms with van der Waals surface area (Å²) in [5.74, 6) is 0.781. The molecule has 0 aliphatic carbocycles. The fraction of sp³-hybridized carbons (Fsp3) is 0.684. The van der Waals surface area contributed by atoms with E-state index in [4.69, 9.17) is 0 Å². The molecule has 3 nitrogen and oxygen atoms in total. The highest BCUT2D eigenvalue weighted by molar-refractivity contribution is 5.22. The first-order valence-corrected chi connectivity index (χ1v) is 8.90. The minimum absolute atomic E-state index is 0.781. The number of hydrogen-bond donors (Lipinski definition) is 1. The molecule has 1 aromatic carbocycles. The van der Waals surface area contributed by atoms with Gasteiger partial charge in [0.05, 0.1) is 0 Å². The van der Waals surface area contributed by atoms with E-state index in [1.54, 1.807) is 0 Å². The molecule has 3 heteroatoms. The Morgan fingerprint density at radius 3 is 2.14 bits per heavy atom. The van der Waals surface area contributed by atoms with Crippen molar-refractivity contribution < 1.29 is 0 Å². The van der Waals surface area contributed by atoms with Gasteiger partial charge in [0.25, 0.3) is 0 Å². The van der Waals surface area contributed by atoms with Crippen LogP contribution in [0.4, 0.5) is 0 Å². The summed E-state index contributed by atoms with van der Waals surface area (Å²) in [6.45, 7) is 16.0. The Hall–Kier alpha value is -0.900. The molecule has 1 saturated heterocycles. The molecule has 1 aliphatic heterocycles. The number of rotatable bonds is 8. The van der Waals surface area contributed by atoms with Crippen molar-refractivity contribution in [2.24, 2.45) is 5.92 Å². The van der Waals surface area contributed by atoms with Crippen molar-refractivity contribution in [1.29, 1.82) is 0 Å². The van der Waals surface area contributed by atoms with Crippen molar-refractivity contribution in [3.05, 3.63) is 35.4 Å². The monoisotopic (exact) mass is 303 g/mol. The third-order valence-electron chi connectivity index (χ3n) is 4.57. The summed E-state index contributed by atoms with van der Waals surface area (Å²) >= 11 is 0. The van der Waals surface area contributed by atoms with Crippen molar-refractivity contribution in [2.45, 2.75) is 40.3 Å². The molecule has 0 spiro atoms. The zero-order chi connectivity index (χ0) is 15.8. The highest BCUT2D eigenvalue weighted by atomic mass is 15.3. The van der Waals surface area contributed by atoms with Crippen molar-refractivity contribution in [1.82, 2.24) is 15.1 Å². The number of piperazine rings is 1. The fourth-order valence-corrected chi connectivity index (χ4v) is 2.91. The minimum atomic E-state index is 0.781. The Kier molecular flexibility index (Phi) is 7.37. The SMILES string of the molecule is CCN1CCN(Cc2ccc(CNCCC(C)C)cc2)CC1. The zero-order valence-corrected chi connectivity index (χ0v) is 14.6. The molecule has 22 heavy (non-hydrogen) atoms. The van der Waals surface area contributed by atoms with Crippen LogP contribution in [0.2, 0.25) is 0 Å². The second kappa shape index (κ2) is 9.29. The van der Waals surface area contributed by atoms with Gasteiger partial charge in [-0.25, -0.2) is 0 Å². The Balaban J connectivity index is 1.70. The van der Waals surface area contributed by atoms with Crippen LogP contribution in [0.3, 0.4) is 0 Å². The van der Waals surface area contributed by atoms with E-state index in [9.17, 15) is 0 Å². The van der Waals surface area contributed by atoms with Crippen molar-refractivity contribution in [2.75, 3.05) is 39.3 Å². The zero-order valence-electron chi connectivity index (χ0n) is 14.6. The number of nitrogens with zero attached hydrogens (tertiary/aromatic N) is 2. The van der Waals surface area contributed by atoms with Crippen LogP contribution in [-0.2, 0) is 13.1 Å². The second-order valence-corrected chi connectivity index (χ2v) is 6.89. The van der Waals surface area contributed by atoms with Gasteiger partial charge in [-0.1, -0.05) is 45.0 Å². The standard InChI is InChI=1S/C19H33N3/c1-4-21-11-13-22(14-12-21)16-19-7-5-18(6-8-19)15-20-10-9-17(2)3/h5-8,17,20H,4,9-16H2,1-3H3. The summed E-state index contributed by atoms with van der Waals surface area (Å²) in [6.07, 6.45) is 1.25. The number of hydrogen-bond acceptors (Lipinski definition) is 3. The summed E-state index contributed by atoms with van der Waals surface area (Å²) < 4.78 is 0. The minimum Gasteiger partial charge on any atom is -0.313 e. The molecule has 1 aliphatic rings. The van der Waals surface area contributed by atoms with Crippen molar-refractivity contribution in [3.8, 4) is 0 Å². The first-order chi connectivity index (χ1) is 10.7. The van der Waals surface area contributed by atoms with Gasteiger partial charge in [-0.05, 0) is 36.6 Å². The lowest BCUT2D eigenvalue weighted by molar-refractivity contribution is 0.132. The first kappa shape index (κ1) is 17.5. The van der Waals surface area contributed by atoms with Crippen LogP contribution < -0.4 is 5.32 Å². The van der Waals surface area contributed by atoms with Gasteiger partial charge in [-0.15, -0.1) is 0 Å². The van der Waals surface area contributed by atoms with Crippen LogP contribution in [0.15, 0.2) is 24.3 Å². The van der Waals surface area contributed by atoms with Crippen LogP contribution in [0.5, 0.6) is 0 Å². The van der Waals surface area contributed by atoms with Gasteiger partial charge in [0.1, 0.15) is 0 Å². The van der Waals surface area contributed by atoms with E-state index in [0.717, 1.165) is 25.6 Å². The molecule has 1 N–H and O–H groups in total. The van der Waals surface area contributed by atoms with Crippen LogP contribution in [0.1, 0.15) is 38.3 Å². The molecular formula is C19H33N3. The maximum atomic E-state index is 3.53. The van der Waals surface area contributed by atoms with E-state index in [0.29, 0.717) is 0 Å². The van der Waals surface area contributed by atoms with E-state index >= 15 is 0 Å². The van der Waals surface area contributed by atoms with Crippen molar-refractivity contribution in [3.63, 3.8) is 0 Å². The predicted octanol–water partition coefficient (Wildman–Crippen LogP) is 2.96. The Morgan fingerprint density at radius 2 is 1.55 bits per heavy atom. The molecule has 0 atom stereocenters. The smallest absolute Gasteiger partial charge is 0.0234 e. The summed E-state index contributed by atoms with van der Waals surface area (Å²) in [5.41, 5.74) is 2.83. The lowest BCUT2D eigenvalue weighted by atomic mass is 10.1. The molecule has 124 valence electrons. The van der Waals surface area contributed by atoms with Gasteiger partial charge in [0.15, 0.2) is 0 Å². The molecule has 1 fully saturated rings. The molecule has 0 amide bonds. The molecule has 1 aromatic rings. The molecule has 0 unspecified atom stereocenters. The third-order valence-corrected chi connectivity index (χ3v) is 4.57. The van der Waals surface area contributed by atoms with Gasteiger partial charge >= 0.3 is 0 Å². The summed E-state index contributed by atoms with van der Waals surface area (Å²) in [7, 11) is 0. The van der Waals surface area contributed by atoms with Crippen molar-refractivity contribution >= 4 is 0 Å². The molecule has 0 saturated carbocycles. The van der Waals surface area contributed by atoms with Gasteiger partial charge in [0.2, 0.25) is 0 Å². The van der Waals surface area contributed by atoms with E-state index in [1.165, 1.54) is 50.3 Å². The third kappa shape index (κ3) is 6.07. The van der Waals surface area contributed by atoms with Gasteiger partial charge in [-0.2, -0.15) is 0 Å². The average molecular weight is 303 g/mol. The topological polar surface area (TPSA) is 18.5 Å². The van der Waals surface area contributed by atoms with Crippen LogP contribution in [0, 0.1) is 5.92 Å². The van der Waals surface area contributed by atoms with Gasteiger partial charge < -0.3 is 10.2 Å². The van der Waals surface area contributed by atoms with E-state index < -0.39 is 0 Å². The van der Waals surface area contributed by atoms with Crippen LogP contribution in [-0.4, -0.2) is 49.1 Å². The molecule has 2 rings (SSSR count). The normalized spacial score (nSPS) is 17.3. The number of nitrogens with one attached hydrogen (secondary N) is 1. The average Bonchev–Trinajstić information content (AvgIpc) is 2.54. The first-order valence-electron chi connectivity index (χ1n) is 8.90. The Bertz CT molecular complexity index is 405. The quantitative estimate of drug-likeness (QED) is 0.745. The Morgan fingerprint density at radius 1 is 0.955 bits per heavy atom. The molecule has 0 aromatic heterocycles.